The molecule has 1 atom stereocenters. The summed E-state index contributed by atoms with van der Waals surface area (Å²) in [4.78, 5) is 1.30. The lowest BCUT2D eigenvalue weighted by Gasteiger charge is -2.21. The minimum absolute atomic E-state index is 0.211. The molecule has 1 fully saturated rings. The number of ether oxygens (including phenoxy) is 1. The number of hydrogen-bond donors (Lipinski definition) is 1. The molecule has 0 spiro atoms. The summed E-state index contributed by atoms with van der Waals surface area (Å²) in [6, 6.07) is 4.22. The van der Waals surface area contributed by atoms with Crippen molar-refractivity contribution in [2.45, 2.75) is 20.0 Å². The molecule has 0 aromatic carbocycles. The molecular weight excluding hydrogens is 274 g/mol. The van der Waals surface area contributed by atoms with Crippen molar-refractivity contribution in [3.63, 3.8) is 0 Å². The van der Waals surface area contributed by atoms with Gasteiger partial charge in [-0.3, -0.25) is 0 Å². The molecule has 15 heavy (non-hydrogen) atoms. The zero-order valence-corrected chi connectivity index (χ0v) is 11.5. The topological polar surface area (TPSA) is 21.3 Å². The summed E-state index contributed by atoms with van der Waals surface area (Å²) in [5.74, 6) is 0. The first kappa shape index (κ1) is 11.6. The molecule has 1 aromatic rings. The van der Waals surface area contributed by atoms with Crippen LogP contribution in [0.3, 0.4) is 0 Å². The maximum atomic E-state index is 5.94. The number of nitrogens with one attached hydrogen (secondary N) is 1. The number of rotatable bonds is 1. The minimum atomic E-state index is 0.211. The van der Waals surface area contributed by atoms with Crippen LogP contribution in [-0.4, -0.2) is 19.7 Å². The van der Waals surface area contributed by atoms with Gasteiger partial charge in [-0.05, 0) is 28.1 Å². The lowest BCUT2D eigenvalue weighted by Crippen LogP contribution is -2.29. The van der Waals surface area contributed by atoms with Gasteiger partial charge in [-0.2, -0.15) is 0 Å². The van der Waals surface area contributed by atoms with E-state index < -0.39 is 0 Å². The SMILES string of the molecule is CC1(C)CNCC(c2ccc(Br)s2)OC1. The second-order valence-electron chi connectivity index (χ2n) is 4.74. The largest absolute Gasteiger partial charge is 0.371 e. The maximum Gasteiger partial charge on any atom is 0.104 e. The molecule has 1 saturated heterocycles. The number of hydrogen-bond acceptors (Lipinski definition) is 3. The Balaban J connectivity index is 2.05. The summed E-state index contributed by atoms with van der Waals surface area (Å²) in [5.41, 5.74) is 0.239. The molecule has 84 valence electrons. The zero-order chi connectivity index (χ0) is 10.9. The second kappa shape index (κ2) is 4.53. The van der Waals surface area contributed by atoms with Gasteiger partial charge in [0.2, 0.25) is 0 Å². The summed E-state index contributed by atoms with van der Waals surface area (Å²) < 4.78 is 7.12. The van der Waals surface area contributed by atoms with Crippen LogP contribution in [0.1, 0.15) is 24.8 Å². The van der Waals surface area contributed by atoms with Gasteiger partial charge in [-0.1, -0.05) is 13.8 Å². The van der Waals surface area contributed by atoms with Crippen molar-refractivity contribution >= 4 is 27.3 Å². The summed E-state index contributed by atoms with van der Waals surface area (Å²) in [5, 5.41) is 3.46. The van der Waals surface area contributed by atoms with Gasteiger partial charge in [0.1, 0.15) is 6.10 Å². The molecule has 1 aliphatic heterocycles. The predicted molar refractivity (Wildman–Crippen MR) is 67.4 cm³/mol. The van der Waals surface area contributed by atoms with Crippen molar-refractivity contribution in [1.82, 2.24) is 5.32 Å². The van der Waals surface area contributed by atoms with Gasteiger partial charge in [0.15, 0.2) is 0 Å². The quantitative estimate of drug-likeness (QED) is 0.857. The van der Waals surface area contributed by atoms with Gasteiger partial charge in [0, 0.05) is 23.4 Å². The van der Waals surface area contributed by atoms with Crippen molar-refractivity contribution in [2.24, 2.45) is 5.41 Å². The molecule has 1 aromatic heterocycles. The first-order chi connectivity index (χ1) is 7.07. The summed E-state index contributed by atoms with van der Waals surface area (Å²) in [7, 11) is 0. The maximum absolute atomic E-state index is 5.94. The van der Waals surface area contributed by atoms with Gasteiger partial charge in [-0.15, -0.1) is 11.3 Å². The van der Waals surface area contributed by atoms with Gasteiger partial charge in [-0.25, -0.2) is 0 Å². The molecule has 2 nitrogen and oxygen atoms in total. The molecule has 0 aliphatic carbocycles. The lowest BCUT2D eigenvalue weighted by molar-refractivity contribution is 0.0279. The highest BCUT2D eigenvalue weighted by Crippen LogP contribution is 2.31. The molecule has 0 bridgehead atoms. The Hall–Kier alpha value is 0.1000. The monoisotopic (exact) mass is 289 g/mol. The van der Waals surface area contributed by atoms with E-state index in [4.69, 9.17) is 4.74 Å². The molecular formula is C11H16BrNOS. The van der Waals surface area contributed by atoms with Crippen LogP contribution in [0.5, 0.6) is 0 Å². The average Bonchev–Trinajstić information content (AvgIpc) is 2.49. The third-order valence-electron chi connectivity index (χ3n) is 2.52. The summed E-state index contributed by atoms with van der Waals surface area (Å²) in [6.07, 6.45) is 0.211. The van der Waals surface area contributed by atoms with Crippen LogP contribution in [0.4, 0.5) is 0 Å². The van der Waals surface area contributed by atoms with E-state index in [1.165, 1.54) is 8.66 Å². The van der Waals surface area contributed by atoms with Crippen LogP contribution in [-0.2, 0) is 4.74 Å². The highest BCUT2D eigenvalue weighted by atomic mass is 79.9. The Kier molecular flexibility index (Phi) is 3.50. The summed E-state index contributed by atoms with van der Waals surface area (Å²) >= 11 is 5.24. The predicted octanol–water partition coefficient (Wildman–Crippen LogP) is 3.20. The lowest BCUT2D eigenvalue weighted by atomic mass is 9.95. The Bertz CT molecular complexity index is 337. The first-order valence-corrected chi connectivity index (χ1v) is 6.75. The Labute approximate surface area is 103 Å². The van der Waals surface area contributed by atoms with Crippen LogP contribution in [0.25, 0.3) is 0 Å². The van der Waals surface area contributed by atoms with Crippen LogP contribution >= 0.6 is 27.3 Å². The van der Waals surface area contributed by atoms with Crippen molar-refractivity contribution in [3.05, 3.63) is 20.8 Å². The van der Waals surface area contributed by atoms with Crippen molar-refractivity contribution < 1.29 is 4.74 Å². The smallest absolute Gasteiger partial charge is 0.104 e. The van der Waals surface area contributed by atoms with E-state index >= 15 is 0 Å². The molecule has 0 radical (unpaired) electrons. The van der Waals surface area contributed by atoms with E-state index in [0.717, 1.165) is 19.7 Å². The number of thiophene rings is 1. The highest BCUT2D eigenvalue weighted by Gasteiger charge is 2.26. The van der Waals surface area contributed by atoms with Gasteiger partial charge >= 0.3 is 0 Å². The average molecular weight is 290 g/mol. The van der Waals surface area contributed by atoms with Crippen molar-refractivity contribution in [2.75, 3.05) is 19.7 Å². The minimum Gasteiger partial charge on any atom is -0.371 e. The molecule has 0 saturated carbocycles. The van der Waals surface area contributed by atoms with Crippen molar-refractivity contribution in [3.8, 4) is 0 Å². The van der Waals surface area contributed by atoms with Crippen molar-refractivity contribution in [1.29, 1.82) is 0 Å². The van der Waals surface area contributed by atoms with E-state index in [2.05, 4.69) is 47.2 Å². The molecule has 0 amide bonds. The molecule has 1 unspecified atom stereocenters. The van der Waals surface area contributed by atoms with Crippen LogP contribution in [0, 0.1) is 5.41 Å². The van der Waals surface area contributed by atoms with Crippen LogP contribution < -0.4 is 5.32 Å². The fraction of sp³-hybridized carbons (Fsp3) is 0.636. The highest BCUT2D eigenvalue weighted by molar-refractivity contribution is 9.11. The second-order valence-corrected chi connectivity index (χ2v) is 7.23. The fourth-order valence-corrected chi connectivity index (χ4v) is 3.13. The standard InChI is InChI=1S/C11H16BrNOS/c1-11(2)6-13-5-8(14-7-11)9-3-4-10(12)15-9/h3-4,8,13H,5-7H2,1-2H3. The van der Waals surface area contributed by atoms with Crippen LogP contribution in [0.15, 0.2) is 15.9 Å². The van der Waals surface area contributed by atoms with E-state index in [0.29, 0.717) is 0 Å². The van der Waals surface area contributed by atoms with Crippen LogP contribution in [0.2, 0.25) is 0 Å². The van der Waals surface area contributed by atoms with E-state index in [9.17, 15) is 0 Å². The number of halogens is 1. The fourth-order valence-electron chi connectivity index (χ4n) is 1.66. The van der Waals surface area contributed by atoms with E-state index in [-0.39, 0.29) is 11.5 Å². The van der Waals surface area contributed by atoms with Gasteiger partial charge in [0.25, 0.3) is 0 Å². The molecule has 2 rings (SSSR count). The molecule has 1 aliphatic rings. The zero-order valence-electron chi connectivity index (χ0n) is 9.05. The first-order valence-electron chi connectivity index (χ1n) is 5.14. The third-order valence-corrected chi connectivity index (χ3v) is 4.24. The third kappa shape index (κ3) is 3.03. The van der Waals surface area contributed by atoms with E-state index in [1.54, 1.807) is 11.3 Å². The Morgan fingerprint density at radius 2 is 2.33 bits per heavy atom. The van der Waals surface area contributed by atoms with Gasteiger partial charge < -0.3 is 10.1 Å². The molecule has 1 N–H and O–H groups in total. The Morgan fingerprint density at radius 1 is 1.53 bits per heavy atom. The molecule has 4 heteroatoms. The summed E-state index contributed by atoms with van der Waals surface area (Å²) in [6.45, 7) is 7.21. The normalized spacial score (nSPS) is 26.2. The molecule has 2 heterocycles. The van der Waals surface area contributed by atoms with Gasteiger partial charge in [0.05, 0.1) is 10.4 Å². The van der Waals surface area contributed by atoms with E-state index in [1.807, 2.05) is 0 Å². The Morgan fingerprint density at radius 3 is 3.00 bits per heavy atom.